The lowest BCUT2D eigenvalue weighted by molar-refractivity contribution is -0.140. The van der Waals surface area contributed by atoms with Crippen LogP contribution in [-0.4, -0.2) is 36.6 Å². The molecule has 0 aliphatic rings. The molecule has 0 saturated heterocycles. The molecule has 1 atom stereocenters. The number of hydrogen-bond acceptors (Lipinski definition) is 4. The van der Waals surface area contributed by atoms with Gasteiger partial charge in [0, 0.05) is 6.42 Å². The smallest absolute Gasteiger partial charge is 0.321 e. The molecule has 0 aliphatic carbocycles. The van der Waals surface area contributed by atoms with Crippen molar-refractivity contribution in [3.05, 3.63) is 30.1 Å². The first-order chi connectivity index (χ1) is 9.22. The Kier molecular flexibility index (Phi) is 5.17. The van der Waals surface area contributed by atoms with Crippen LogP contribution in [0.2, 0.25) is 0 Å². The Bertz CT molecular complexity index is 598. The molecule has 1 rings (SSSR count). The topological polar surface area (TPSA) is 121 Å². The summed E-state index contributed by atoms with van der Waals surface area (Å²) >= 11 is 0. The summed E-state index contributed by atoms with van der Waals surface area (Å²) < 4.78 is 38.3. The molecule has 0 heterocycles. The molecule has 0 aromatic heterocycles. The van der Waals surface area contributed by atoms with Crippen molar-refractivity contribution in [2.24, 2.45) is 0 Å². The van der Waals surface area contributed by atoms with Gasteiger partial charge in [-0.3, -0.25) is 9.59 Å². The molecule has 0 amide bonds. The summed E-state index contributed by atoms with van der Waals surface area (Å²) in [5.41, 5.74) is 0. The number of aliphatic carboxylic acids is 2. The first kappa shape index (κ1) is 16.1. The molecular formula is C11H12FNO6S. The van der Waals surface area contributed by atoms with Crippen LogP contribution in [0.1, 0.15) is 12.8 Å². The van der Waals surface area contributed by atoms with Gasteiger partial charge < -0.3 is 10.2 Å². The summed E-state index contributed by atoms with van der Waals surface area (Å²) in [5, 5.41) is 17.3. The minimum absolute atomic E-state index is 0.305. The molecule has 0 fully saturated rings. The maximum Gasteiger partial charge on any atom is 0.321 e. The second kappa shape index (κ2) is 6.44. The van der Waals surface area contributed by atoms with Gasteiger partial charge in [0.25, 0.3) is 0 Å². The van der Waals surface area contributed by atoms with E-state index in [9.17, 15) is 22.4 Å². The maximum atomic E-state index is 12.7. The van der Waals surface area contributed by atoms with Crippen LogP contribution in [0.5, 0.6) is 0 Å². The molecule has 1 aromatic rings. The number of sulfonamides is 1. The summed E-state index contributed by atoms with van der Waals surface area (Å²) in [6.45, 7) is 0. The normalized spacial score (nSPS) is 12.8. The summed E-state index contributed by atoms with van der Waals surface area (Å²) in [6, 6.07) is 2.23. The third kappa shape index (κ3) is 4.59. The highest BCUT2D eigenvalue weighted by Gasteiger charge is 2.25. The zero-order valence-electron chi connectivity index (χ0n) is 10.1. The zero-order valence-corrected chi connectivity index (χ0v) is 10.9. The number of nitrogens with one attached hydrogen (secondary N) is 1. The third-order valence-corrected chi connectivity index (χ3v) is 3.85. The molecular weight excluding hydrogens is 293 g/mol. The van der Waals surface area contributed by atoms with E-state index in [1.54, 1.807) is 0 Å². The van der Waals surface area contributed by atoms with Gasteiger partial charge in [-0.2, -0.15) is 4.72 Å². The Morgan fingerprint density at radius 3 is 2.20 bits per heavy atom. The van der Waals surface area contributed by atoms with E-state index in [1.165, 1.54) is 0 Å². The van der Waals surface area contributed by atoms with E-state index in [-0.39, 0.29) is 4.90 Å². The van der Waals surface area contributed by atoms with Gasteiger partial charge in [0.05, 0.1) is 4.90 Å². The van der Waals surface area contributed by atoms with Crippen molar-refractivity contribution in [2.45, 2.75) is 23.8 Å². The van der Waals surface area contributed by atoms with Gasteiger partial charge in [-0.25, -0.2) is 12.8 Å². The van der Waals surface area contributed by atoms with E-state index in [0.29, 0.717) is 0 Å². The zero-order chi connectivity index (χ0) is 15.3. The van der Waals surface area contributed by atoms with Crippen molar-refractivity contribution in [3.8, 4) is 0 Å². The van der Waals surface area contributed by atoms with Crippen molar-refractivity contribution in [2.75, 3.05) is 0 Å². The first-order valence-electron chi connectivity index (χ1n) is 5.45. The minimum atomic E-state index is -4.16. The molecule has 20 heavy (non-hydrogen) atoms. The predicted molar refractivity (Wildman–Crippen MR) is 65.0 cm³/mol. The van der Waals surface area contributed by atoms with E-state index in [2.05, 4.69) is 0 Å². The summed E-state index contributed by atoms with van der Waals surface area (Å²) in [6.07, 6.45) is -0.895. The lowest BCUT2D eigenvalue weighted by Crippen LogP contribution is -2.41. The lowest BCUT2D eigenvalue weighted by Gasteiger charge is -2.13. The van der Waals surface area contributed by atoms with Crippen molar-refractivity contribution in [1.82, 2.24) is 4.72 Å². The first-order valence-corrected chi connectivity index (χ1v) is 6.93. The average molecular weight is 305 g/mol. The molecule has 110 valence electrons. The van der Waals surface area contributed by atoms with Crippen LogP contribution in [0.25, 0.3) is 0 Å². The molecule has 9 heteroatoms. The van der Waals surface area contributed by atoms with E-state index < -0.39 is 46.7 Å². The number of carbonyl (C=O) groups is 2. The number of rotatable bonds is 7. The quantitative estimate of drug-likeness (QED) is 0.671. The molecule has 1 aromatic carbocycles. The summed E-state index contributed by atoms with van der Waals surface area (Å²) in [5.74, 6) is -3.36. The van der Waals surface area contributed by atoms with E-state index in [0.717, 1.165) is 24.3 Å². The van der Waals surface area contributed by atoms with E-state index in [4.69, 9.17) is 10.2 Å². The highest BCUT2D eigenvalue weighted by Crippen LogP contribution is 2.11. The summed E-state index contributed by atoms with van der Waals surface area (Å²) in [7, 11) is -4.16. The van der Waals surface area contributed by atoms with Crippen LogP contribution >= 0.6 is 0 Å². The minimum Gasteiger partial charge on any atom is -0.481 e. The largest absolute Gasteiger partial charge is 0.481 e. The van der Waals surface area contributed by atoms with E-state index >= 15 is 0 Å². The Morgan fingerprint density at radius 1 is 1.20 bits per heavy atom. The maximum absolute atomic E-state index is 12.7. The number of carboxylic acid groups (broad SMARTS) is 2. The van der Waals surface area contributed by atoms with Gasteiger partial charge >= 0.3 is 11.9 Å². The van der Waals surface area contributed by atoms with Crippen molar-refractivity contribution >= 4 is 22.0 Å². The SMILES string of the molecule is O=C(O)CC[C@H](NS(=O)(=O)c1ccc(F)cc1)C(=O)O. The fourth-order valence-electron chi connectivity index (χ4n) is 1.37. The van der Waals surface area contributed by atoms with E-state index in [1.807, 2.05) is 4.72 Å². The Balaban J connectivity index is 2.88. The second-order valence-electron chi connectivity index (χ2n) is 3.90. The molecule has 3 N–H and O–H groups in total. The van der Waals surface area contributed by atoms with Crippen LogP contribution in [0.3, 0.4) is 0 Å². The van der Waals surface area contributed by atoms with Gasteiger partial charge in [-0.15, -0.1) is 0 Å². The van der Waals surface area contributed by atoms with Crippen LogP contribution in [-0.2, 0) is 19.6 Å². The molecule has 0 unspecified atom stereocenters. The molecule has 0 spiro atoms. The van der Waals surface area contributed by atoms with Crippen LogP contribution in [0.15, 0.2) is 29.2 Å². The van der Waals surface area contributed by atoms with Crippen molar-refractivity contribution < 1.29 is 32.6 Å². The van der Waals surface area contributed by atoms with Gasteiger partial charge in [-0.1, -0.05) is 0 Å². The molecule has 0 aliphatic heterocycles. The molecule has 0 bridgehead atoms. The standard InChI is InChI=1S/C11H12FNO6S/c12-7-1-3-8(4-2-7)20(18,19)13-9(11(16)17)5-6-10(14)15/h1-4,9,13H,5-6H2,(H,14,15)(H,16,17)/t9-/m0/s1. The predicted octanol–water partition coefficient (Wildman–Crippen LogP) is 0.422. The molecule has 0 radical (unpaired) electrons. The number of carboxylic acids is 2. The highest BCUT2D eigenvalue weighted by molar-refractivity contribution is 7.89. The fraction of sp³-hybridized carbons (Fsp3) is 0.273. The van der Waals surface area contributed by atoms with Crippen LogP contribution in [0, 0.1) is 5.82 Å². The number of benzene rings is 1. The summed E-state index contributed by atoms with van der Waals surface area (Å²) in [4.78, 5) is 21.0. The van der Waals surface area contributed by atoms with Gasteiger partial charge in [0.2, 0.25) is 10.0 Å². The number of hydrogen-bond donors (Lipinski definition) is 3. The van der Waals surface area contributed by atoms with Gasteiger partial charge in [-0.05, 0) is 30.7 Å². The second-order valence-corrected chi connectivity index (χ2v) is 5.61. The third-order valence-electron chi connectivity index (χ3n) is 2.37. The van der Waals surface area contributed by atoms with Crippen LogP contribution < -0.4 is 4.72 Å². The van der Waals surface area contributed by atoms with Gasteiger partial charge in [0.1, 0.15) is 11.9 Å². The van der Waals surface area contributed by atoms with Crippen LogP contribution in [0.4, 0.5) is 4.39 Å². The Morgan fingerprint density at radius 2 is 1.75 bits per heavy atom. The average Bonchev–Trinajstić information content (AvgIpc) is 2.34. The Hall–Kier alpha value is -2.00. The van der Waals surface area contributed by atoms with Crippen molar-refractivity contribution in [3.63, 3.8) is 0 Å². The highest BCUT2D eigenvalue weighted by atomic mass is 32.2. The monoisotopic (exact) mass is 305 g/mol. The van der Waals surface area contributed by atoms with Crippen molar-refractivity contribution in [1.29, 1.82) is 0 Å². The number of halogens is 1. The lowest BCUT2D eigenvalue weighted by atomic mass is 10.2. The molecule has 7 nitrogen and oxygen atoms in total. The fourth-order valence-corrected chi connectivity index (χ4v) is 2.59. The van der Waals surface area contributed by atoms with Gasteiger partial charge in [0.15, 0.2) is 0 Å². The molecule has 0 saturated carbocycles. The Labute approximate surface area is 114 Å².